The Bertz CT molecular complexity index is 1290. The Labute approximate surface area is 221 Å². The Kier molecular flexibility index (Phi) is 8.40. The first-order valence-corrected chi connectivity index (χ1v) is 12.4. The van der Waals surface area contributed by atoms with E-state index in [2.05, 4.69) is 26.3 Å². The van der Waals surface area contributed by atoms with E-state index in [0.29, 0.717) is 22.3 Å². The number of hydrazone groups is 1. The summed E-state index contributed by atoms with van der Waals surface area (Å²) in [6.45, 7) is 2.18. The van der Waals surface area contributed by atoms with E-state index in [9.17, 15) is 13.2 Å². The second kappa shape index (κ2) is 11.7. The lowest BCUT2D eigenvalue weighted by molar-refractivity contribution is -0.274. The van der Waals surface area contributed by atoms with Crippen molar-refractivity contribution in [2.45, 2.75) is 30.5 Å². The smallest absolute Gasteiger partial charge is 0.406 e. The molecule has 1 heterocycles. The van der Waals surface area contributed by atoms with Gasteiger partial charge in [0.25, 0.3) is 5.96 Å². The molecule has 1 atom stereocenters. The van der Waals surface area contributed by atoms with Gasteiger partial charge < -0.3 is 10.5 Å². The summed E-state index contributed by atoms with van der Waals surface area (Å²) in [7, 11) is 0. The fourth-order valence-electron chi connectivity index (χ4n) is 3.75. The molecule has 0 aromatic heterocycles. The molecule has 0 fully saturated rings. The molecule has 0 radical (unpaired) electrons. The Balaban J connectivity index is 1.64. The predicted molar refractivity (Wildman–Crippen MR) is 142 cm³/mol. The van der Waals surface area contributed by atoms with Gasteiger partial charge in [-0.15, -0.1) is 13.2 Å². The van der Waals surface area contributed by atoms with Crippen molar-refractivity contribution in [3.05, 3.63) is 95.0 Å². The summed E-state index contributed by atoms with van der Waals surface area (Å²) in [5, 5.41) is 7.23. The standard InChI is InChI=1S/C26H23ClF3N5OS/c1-17(31)32-25(34-37-22-13-11-21(12-14-22)36-26(28,29)30)35-16-15-23(18-5-3-2-4-6-18)24(33-35)19-7-9-20(27)10-8-19/h2-14,23H,15-16H2,1H3,(H2,31,32,34). The van der Waals surface area contributed by atoms with E-state index in [1.54, 1.807) is 11.9 Å². The van der Waals surface area contributed by atoms with Crippen LogP contribution in [0.4, 0.5) is 13.2 Å². The molecule has 3 aromatic carbocycles. The number of hydrogen-bond donors (Lipinski definition) is 1. The molecule has 1 aliphatic heterocycles. The van der Waals surface area contributed by atoms with Gasteiger partial charge in [0.2, 0.25) is 0 Å². The van der Waals surface area contributed by atoms with Crippen LogP contribution in [0, 0.1) is 0 Å². The molecular weight excluding hydrogens is 523 g/mol. The molecule has 37 heavy (non-hydrogen) atoms. The number of benzene rings is 3. The molecule has 2 N–H and O–H groups in total. The number of alkyl halides is 3. The minimum absolute atomic E-state index is 0.0525. The van der Waals surface area contributed by atoms with Crippen LogP contribution in [0.25, 0.3) is 0 Å². The van der Waals surface area contributed by atoms with E-state index in [-0.39, 0.29) is 17.6 Å². The highest BCUT2D eigenvalue weighted by molar-refractivity contribution is 7.98. The van der Waals surface area contributed by atoms with Crippen molar-refractivity contribution in [2.75, 3.05) is 6.54 Å². The van der Waals surface area contributed by atoms with Gasteiger partial charge in [-0.1, -0.05) is 54.1 Å². The first-order valence-electron chi connectivity index (χ1n) is 11.3. The maximum Gasteiger partial charge on any atom is 0.573 e. The molecule has 0 amide bonds. The Morgan fingerprint density at radius 2 is 1.73 bits per heavy atom. The summed E-state index contributed by atoms with van der Waals surface area (Å²) in [5.41, 5.74) is 8.78. The monoisotopic (exact) mass is 545 g/mol. The lowest BCUT2D eigenvalue weighted by atomic mass is 9.86. The molecule has 11 heteroatoms. The lowest BCUT2D eigenvalue weighted by Gasteiger charge is -2.30. The minimum Gasteiger partial charge on any atom is -0.406 e. The number of halogens is 4. The van der Waals surface area contributed by atoms with Crippen molar-refractivity contribution in [3.8, 4) is 5.75 Å². The van der Waals surface area contributed by atoms with Crippen LogP contribution in [0.5, 0.6) is 5.75 Å². The first kappa shape index (κ1) is 26.6. The van der Waals surface area contributed by atoms with Crippen LogP contribution in [0.1, 0.15) is 30.4 Å². The van der Waals surface area contributed by atoms with Crippen LogP contribution in [0.2, 0.25) is 5.02 Å². The normalized spacial score (nSPS) is 16.9. The van der Waals surface area contributed by atoms with E-state index in [1.807, 2.05) is 42.5 Å². The topological polar surface area (TPSA) is 75.6 Å². The summed E-state index contributed by atoms with van der Waals surface area (Å²) >= 11 is 7.16. The van der Waals surface area contributed by atoms with Crippen LogP contribution in [-0.2, 0) is 0 Å². The zero-order valence-corrected chi connectivity index (χ0v) is 21.3. The second-order valence-corrected chi connectivity index (χ2v) is 9.40. The van der Waals surface area contributed by atoms with E-state index in [4.69, 9.17) is 22.4 Å². The Morgan fingerprint density at radius 3 is 2.35 bits per heavy atom. The van der Waals surface area contributed by atoms with Gasteiger partial charge in [0.15, 0.2) is 0 Å². The van der Waals surface area contributed by atoms with Crippen molar-refractivity contribution in [2.24, 2.45) is 20.2 Å². The van der Waals surface area contributed by atoms with Crippen LogP contribution in [-0.4, -0.2) is 35.4 Å². The zero-order chi connectivity index (χ0) is 26.4. The number of ether oxygens (including phenoxy) is 1. The van der Waals surface area contributed by atoms with E-state index in [1.165, 1.54) is 24.3 Å². The molecule has 0 aliphatic carbocycles. The highest BCUT2D eigenvalue weighted by atomic mass is 35.5. The number of rotatable bonds is 5. The fourth-order valence-corrected chi connectivity index (χ4v) is 4.46. The molecule has 192 valence electrons. The maximum atomic E-state index is 12.4. The molecular formula is C26H23ClF3N5OS. The van der Waals surface area contributed by atoms with Crippen LogP contribution < -0.4 is 10.5 Å². The van der Waals surface area contributed by atoms with E-state index in [0.717, 1.165) is 35.2 Å². The average Bonchev–Trinajstić information content (AvgIpc) is 2.87. The second-order valence-electron chi connectivity index (χ2n) is 8.12. The molecule has 1 aliphatic rings. The molecule has 3 aromatic rings. The van der Waals surface area contributed by atoms with Gasteiger partial charge in [0.05, 0.1) is 11.5 Å². The molecule has 1 unspecified atom stereocenters. The van der Waals surface area contributed by atoms with E-state index < -0.39 is 6.36 Å². The molecule has 0 saturated carbocycles. The zero-order valence-electron chi connectivity index (χ0n) is 19.7. The molecule has 0 bridgehead atoms. The highest BCUT2D eigenvalue weighted by Gasteiger charge is 2.31. The van der Waals surface area contributed by atoms with Gasteiger partial charge in [-0.2, -0.15) is 14.5 Å². The summed E-state index contributed by atoms with van der Waals surface area (Å²) in [6, 6.07) is 23.0. The first-order chi connectivity index (χ1) is 17.7. The van der Waals surface area contributed by atoms with Crippen LogP contribution >= 0.6 is 23.5 Å². The SMILES string of the molecule is C/C(N)=N\C(=N\Sc1ccc(OC(F)(F)F)cc1)N1CCC(c2ccccc2)C(c2ccc(Cl)cc2)=N1. The molecule has 4 rings (SSSR count). The number of nitrogens with zero attached hydrogens (tertiary/aromatic N) is 4. The predicted octanol–water partition coefficient (Wildman–Crippen LogP) is 6.87. The van der Waals surface area contributed by atoms with Crippen molar-refractivity contribution >= 4 is 41.1 Å². The summed E-state index contributed by atoms with van der Waals surface area (Å²) in [6.07, 6.45) is -4.00. The highest BCUT2D eigenvalue weighted by Crippen LogP contribution is 2.31. The Hall–Kier alpha value is -3.50. The van der Waals surface area contributed by atoms with Crippen molar-refractivity contribution in [1.82, 2.24) is 5.01 Å². The summed E-state index contributed by atoms with van der Waals surface area (Å²) in [4.78, 5) is 4.96. The van der Waals surface area contributed by atoms with Crippen molar-refractivity contribution < 1.29 is 17.9 Å². The van der Waals surface area contributed by atoms with Gasteiger partial charge >= 0.3 is 6.36 Å². The minimum atomic E-state index is -4.75. The third kappa shape index (κ3) is 7.50. The van der Waals surface area contributed by atoms with Crippen LogP contribution in [0.3, 0.4) is 0 Å². The fraction of sp³-hybridized carbons (Fsp3) is 0.192. The average molecular weight is 546 g/mol. The van der Waals surface area contributed by atoms with Gasteiger partial charge in [-0.25, -0.2) is 5.01 Å². The third-order valence-corrected chi connectivity index (χ3v) is 6.32. The van der Waals surface area contributed by atoms with Gasteiger partial charge in [-0.05, 0) is 60.9 Å². The largest absolute Gasteiger partial charge is 0.573 e. The number of guanidine groups is 1. The maximum absolute atomic E-state index is 12.4. The van der Waals surface area contributed by atoms with Gasteiger partial charge in [0.1, 0.15) is 5.75 Å². The number of hydrogen-bond acceptors (Lipinski definition) is 4. The quantitative estimate of drug-likeness (QED) is 0.215. The molecule has 6 nitrogen and oxygen atoms in total. The summed E-state index contributed by atoms with van der Waals surface area (Å²) < 4.78 is 45.7. The number of nitrogens with two attached hydrogens (primary N) is 1. The van der Waals surface area contributed by atoms with Crippen molar-refractivity contribution in [1.29, 1.82) is 0 Å². The van der Waals surface area contributed by atoms with E-state index >= 15 is 0 Å². The summed E-state index contributed by atoms with van der Waals surface area (Å²) in [5.74, 6) is 0.314. The lowest BCUT2D eigenvalue weighted by Crippen LogP contribution is -2.35. The van der Waals surface area contributed by atoms with Crippen LogP contribution in [0.15, 0.2) is 98.2 Å². The number of amidine groups is 1. The van der Waals surface area contributed by atoms with Gasteiger partial charge in [-0.3, -0.25) is 0 Å². The molecule has 0 saturated heterocycles. The molecule has 0 spiro atoms. The van der Waals surface area contributed by atoms with Crippen molar-refractivity contribution in [3.63, 3.8) is 0 Å². The Morgan fingerprint density at radius 1 is 1.05 bits per heavy atom. The number of aliphatic imine (C=N–C) groups is 1. The van der Waals surface area contributed by atoms with Gasteiger partial charge in [0, 0.05) is 34.3 Å². The third-order valence-electron chi connectivity index (χ3n) is 5.33.